The summed E-state index contributed by atoms with van der Waals surface area (Å²) in [5, 5.41) is 7.69. The molecule has 0 bridgehead atoms. The highest BCUT2D eigenvalue weighted by atomic mass is 35.5. The Morgan fingerprint density at radius 2 is 1.82 bits per heavy atom. The van der Waals surface area contributed by atoms with Crippen LogP contribution in [0, 0.1) is 0 Å². The van der Waals surface area contributed by atoms with Gasteiger partial charge in [-0.3, -0.25) is 0 Å². The van der Waals surface area contributed by atoms with Crippen molar-refractivity contribution in [3.8, 4) is 17.0 Å². The molecule has 0 unspecified atom stereocenters. The van der Waals surface area contributed by atoms with Gasteiger partial charge in [-0.2, -0.15) is 8.78 Å². The van der Waals surface area contributed by atoms with Gasteiger partial charge in [-0.05, 0) is 24.3 Å². The minimum absolute atomic E-state index is 0.0547. The molecule has 0 radical (unpaired) electrons. The molecule has 88 valence electrons. The van der Waals surface area contributed by atoms with Crippen LogP contribution >= 0.6 is 11.6 Å². The van der Waals surface area contributed by atoms with Gasteiger partial charge in [-0.25, -0.2) is 0 Å². The van der Waals surface area contributed by atoms with E-state index >= 15 is 0 Å². The van der Waals surface area contributed by atoms with Crippen molar-refractivity contribution < 1.29 is 13.5 Å². The van der Waals surface area contributed by atoms with Gasteiger partial charge in [0, 0.05) is 5.56 Å². The van der Waals surface area contributed by atoms with E-state index in [-0.39, 0.29) is 10.9 Å². The van der Waals surface area contributed by atoms with Crippen LogP contribution in [0.1, 0.15) is 0 Å². The fraction of sp³-hybridized carbons (Fsp3) is 0.0909. The highest BCUT2D eigenvalue weighted by molar-refractivity contribution is 6.29. The molecule has 0 aliphatic heterocycles. The van der Waals surface area contributed by atoms with E-state index in [1.54, 1.807) is 24.3 Å². The second-order valence-electron chi connectivity index (χ2n) is 3.12. The van der Waals surface area contributed by atoms with Crippen molar-refractivity contribution in [1.29, 1.82) is 0 Å². The van der Waals surface area contributed by atoms with Crippen LogP contribution in [0.25, 0.3) is 11.3 Å². The minimum Gasteiger partial charge on any atom is -0.434 e. The van der Waals surface area contributed by atoms with E-state index in [0.29, 0.717) is 11.3 Å². The van der Waals surface area contributed by atoms with Crippen molar-refractivity contribution in [3.63, 3.8) is 0 Å². The largest absolute Gasteiger partial charge is 0.434 e. The predicted octanol–water partition coefficient (Wildman–Crippen LogP) is 3.40. The molecule has 0 aliphatic rings. The predicted molar refractivity (Wildman–Crippen MR) is 59.1 cm³/mol. The maximum atomic E-state index is 12.2. The highest BCUT2D eigenvalue weighted by Gasteiger charge is 2.11. The Bertz CT molecular complexity index is 505. The fourth-order valence-electron chi connectivity index (χ4n) is 1.34. The molecule has 0 N–H and O–H groups in total. The van der Waals surface area contributed by atoms with E-state index in [1.165, 1.54) is 12.1 Å². The molecular weight excluding hydrogens is 250 g/mol. The normalized spacial score (nSPS) is 10.6. The summed E-state index contributed by atoms with van der Waals surface area (Å²) in [6, 6.07) is 9.48. The van der Waals surface area contributed by atoms with E-state index in [2.05, 4.69) is 14.9 Å². The summed E-state index contributed by atoms with van der Waals surface area (Å²) in [6.45, 7) is -2.88. The SMILES string of the molecule is FC(F)Oc1ccccc1-c1ccc(Cl)nn1. The summed E-state index contributed by atoms with van der Waals surface area (Å²) in [4.78, 5) is 0. The first-order chi connectivity index (χ1) is 8.16. The van der Waals surface area contributed by atoms with Crippen LogP contribution in [0.4, 0.5) is 8.78 Å². The average Bonchev–Trinajstić information content (AvgIpc) is 2.30. The van der Waals surface area contributed by atoms with E-state index in [9.17, 15) is 8.78 Å². The minimum atomic E-state index is -2.88. The lowest BCUT2D eigenvalue weighted by atomic mass is 10.1. The molecule has 0 aliphatic carbocycles. The molecule has 3 nitrogen and oxygen atoms in total. The van der Waals surface area contributed by atoms with Gasteiger partial charge in [0.05, 0.1) is 5.69 Å². The number of ether oxygens (including phenoxy) is 1. The topological polar surface area (TPSA) is 35.0 Å². The van der Waals surface area contributed by atoms with Gasteiger partial charge in [0.25, 0.3) is 0 Å². The zero-order chi connectivity index (χ0) is 12.3. The van der Waals surface area contributed by atoms with Gasteiger partial charge in [0.1, 0.15) is 5.75 Å². The Morgan fingerprint density at radius 1 is 1.06 bits per heavy atom. The molecule has 0 spiro atoms. The number of aromatic nitrogens is 2. The molecule has 1 aromatic carbocycles. The third-order valence-corrected chi connectivity index (χ3v) is 2.21. The van der Waals surface area contributed by atoms with E-state index in [1.807, 2.05) is 0 Å². The van der Waals surface area contributed by atoms with E-state index in [0.717, 1.165) is 0 Å². The summed E-state index contributed by atoms with van der Waals surface area (Å²) in [5.74, 6) is 0.0547. The molecule has 17 heavy (non-hydrogen) atoms. The Morgan fingerprint density at radius 3 is 2.47 bits per heavy atom. The quantitative estimate of drug-likeness (QED) is 0.844. The maximum Gasteiger partial charge on any atom is 0.387 e. The summed E-state index contributed by atoms with van der Waals surface area (Å²) < 4.78 is 28.8. The van der Waals surface area contributed by atoms with Crippen molar-refractivity contribution in [2.24, 2.45) is 0 Å². The van der Waals surface area contributed by atoms with Gasteiger partial charge in [0.15, 0.2) is 5.15 Å². The summed E-state index contributed by atoms with van der Waals surface area (Å²) in [6.07, 6.45) is 0. The first-order valence-electron chi connectivity index (χ1n) is 4.70. The smallest absolute Gasteiger partial charge is 0.387 e. The Kier molecular flexibility index (Phi) is 3.49. The number of alkyl halides is 2. The van der Waals surface area contributed by atoms with Crippen LogP contribution in [-0.2, 0) is 0 Å². The Labute approximate surface area is 101 Å². The Balaban J connectivity index is 2.40. The molecule has 0 fully saturated rings. The van der Waals surface area contributed by atoms with Crippen LogP contribution in [0.3, 0.4) is 0 Å². The molecule has 0 atom stereocenters. The molecular formula is C11H7ClF2N2O. The van der Waals surface area contributed by atoms with Crippen molar-refractivity contribution in [2.45, 2.75) is 6.61 Å². The second-order valence-corrected chi connectivity index (χ2v) is 3.50. The molecule has 2 aromatic rings. The van der Waals surface area contributed by atoms with Crippen molar-refractivity contribution in [1.82, 2.24) is 10.2 Å². The zero-order valence-electron chi connectivity index (χ0n) is 8.48. The van der Waals surface area contributed by atoms with Gasteiger partial charge in [-0.15, -0.1) is 10.2 Å². The maximum absolute atomic E-state index is 12.2. The highest BCUT2D eigenvalue weighted by Crippen LogP contribution is 2.29. The van der Waals surface area contributed by atoms with Gasteiger partial charge in [-0.1, -0.05) is 23.7 Å². The molecule has 1 heterocycles. The van der Waals surface area contributed by atoms with Gasteiger partial charge < -0.3 is 4.74 Å². The molecule has 0 saturated heterocycles. The summed E-state index contributed by atoms with van der Waals surface area (Å²) in [7, 11) is 0. The second kappa shape index (κ2) is 5.05. The molecule has 1 aromatic heterocycles. The van der Waals surface area contributed by atoms with E-state index in [4.69, 9.17) is 11.6 Å². The number of para-hydroxylation sites is 1. The van der Waals surface area contributed by atoms with Crippen molar-refractivity contribution in [2.75, 3.05) is 0 Å². The Hall–Kier alpha value is -1.75. The zero-order valence-corrected chi connectivity index (χ0v) is 9.23. The number of nitrogens with zero attached hydrogens (tertiary/aromatic N) is 2. The van der Waals surface area contributed by atoms with Crippen molar-refractivity contribution in [3.05, 3.63) is 41.6 Å². The fourth-order valence-corrected chi connectivity index (χ4v) is 1.44. The monoisotopic (exact) mass is 256 g/mol. The van der Waals surface area contributed by atoms with Crippen LogP contribution in [0.15, 0.2) is 36.4 Å². The third kappa shape index (κ3) is 2.88. The lowest BCUT2D eigenvalue weighted by Crippen LogP contribution is -2.03. The lowest BCUT2D eigenvalue weighted by molar-refractivity contribution is -0.0494. The van der Waals surface area contributed by atoms with Gasteiger partial charge >= 0.3 is 6.61 Å². The molecule has 0 amide bonds. The molecule has 0 saturated carbocycles. The number of hydrogen-bond acceptors (Lipinski definition) is 3. The number of rotatable bonds is 3. The molecule has 6 heteroatoms. The number of benzene rings is 1. The first-order valence-corrected chi connectivity index (χ1v) is 5.08. The first kappa shape index (κ1) is 11.7. The third-order valence-electron chi connectivity index (χ3n) is 2.01. The molecule has 2 rings (SSSR count). The average molecular weight is 257 g/mol. The summed E-state index contributed by atoms with van der Waals surface area (Å²) >= 11 is 5.60. The van der Waals surface area contributed by atoms with Gasteiger partial charge in [0.2, 0.25) is 0 Å². The van der Waals surface area contributed by atoms with Crippen LogP contribution in [0.2, 0.25) is 5.15 Å². The van der Waals surface area contributed by atoms with Crippen LogP contribution in [-0.4, -0.2) is 16.8 Å². The van der Waals surface area contributed by atoms with Crippen molar-refractivity contribution >= 4 is 11.6 Å². The number of halogens is 3. The standard InChI is InChI=1S/C11H7ClF2N2O/c12-10-6-5-8(15-16-10)7-3-1-2-4-9(7)17-11(13)14/h1-6,11H. The van der Waals surface area contributed by atoms with E-state index < -0.39 is 6.61 Å². The van der Waals surface area contributed by atoms with Crippen LogP contribution in [0.5, 0.6) is 5.75 Å². The lowest BCUT2D eigenvalue weighted by Gasteiger charge is -2.09. The van der Waals surface area contributed by atoms with Crippen LogP contribution < -0.4 is 4.74 Å². The number of hydrogen-bond donors (Lipinski definition) is 0. The summed E-state index contributed by atoms with van der Waals surface area (Å²) in [5.41, 5.74) is 0.864.